The van der Waals surface area contributed by atoms with Crippen molar-refractivity contribution in [2.24, 2.45) is 0 Å². The maximum atomic E-state index is 12.5. The maximum absolute atomic E-state index is 12.5. The summed E-state index contributed by atoms with van der Waals surface area (Å²) in [5.74, 6) is -0.0233. The van der Waals surface area contributed by atoms with Gasteiger partial charge in [0.1, 0.15) is 0 Å². The number of aliphatic hydroxyl groups is 1. The molecule has 1 aliphatic rings. The molecule has 1 amide bonds. The zero-order valence-corrected chi connectivity index (χ0v) is 12.9. The molecule has 1 unspecified atom stereocenters. The van der Waals surface area contributed by atoms with Crippen LogP contribution in [0.4, 0.5) is 0 Å². The van der Waals surface area contributed by atoms with E-state index in [2.05, 4.69) is 5.32 Å². The van der Waals surface area contributed by atoms with Crippen molar-refractivity contribution in [2.75, 3.05) is 6.54 Å². The number of carbonyl (C=O) groups is 1. The summed E-state index contributed by atoms with van der Waals surface area (Å²) < 4.78 is 0. The molecule has 2 aromatic rings. The predicted molar refractivity (Wildman–Crippen MR) is 86.8 cm³/mol. The molecule has 22 heavy (non-hydrogen) atoms. The third-order valence-electron chi connectivity index (χ3n) is 4.22. The Morgan fingerprint density at radius 3 is 2.36 bits per heavy atom. The van der Waals surface area contributed by atoms with E-state index in [-0.39, 0.29) is 12.5 Å². The molecular weight excluding hydrogens is 298 g/mol. The minimum absolute atomic E-state index is 0.0233. The average molecular weight is 316 g/mol. The van der Waals surface area contributed by atoms with Crippen LogP contribution in [0.2, 0.25) is 5.02 Å². The highest BCUT2D eigenvalue weighted by atomic mass is 35.5. The Bertz CT molecular complexity index is 651. The van der Waals surface area contributed by atoms with Crippen LogP contribution in [0, 0.1) is 0 Å². The monoisotopic (exact) mass is 315 g/mol. The Morgan fingerprint density at radius 1 is 1.14 bits per heavy atom. The molecule has 0 heterocycles. The van der Waals surface area contributed by atoms with Crippen LogP contribution in [0.1, 0.15) is 30.1 Å². The highest BCUT2D eigenvalue weighted by Gasteiger charge is 2.51. The van der Waals surface area contributed by atoms with Gasteiger partial charge in [-0.15, -0.1) is 0 Å². The summed E-state index contributed by atoms with van der Waals surface area (Å²) in [7, 11) is 0. The van der Waals surface area contributed by atoms with Crippen molar-refractivity contribution in [1.82, 2.24) is 5.32 Å². The van der Waals surface area contributed by atoms with Gasteiger partial charge in [0.25, 0.3) is 0 Å². The van der Waals surface area contributed by atoms with Gasteiger partial charge >= 0.3 is 0 Å². The van der Waals surface area contributed by atoms with E-state index in [1.807, 2.05) is 54.6 Å². The Morgan fingerprint density at radius 2 is 1.77 bits per heavy atom. The molecular formula is C18H18ClNO2. The molecule has 1 fully saturated rings. The third kappa shape index (κ3) is 3.01. The van der Waals surface area contributed by atoms with Gasteiger partial charge in [0.2, 0.25) is 5.91 Å². The van der Waals surface area contributed by atoms with Crippen molar-refractivity contribution in [3.63, 3.8) is 0 Å². The first kappa shape index (κ1) is 15.1. The summed E-state index contributed by atoms with van der Waals surface area (Å²) in [5.41, 5.74) is 1.35. The first-order valence-corrected chi connectivity index (χ1v) is 7.77. The highest BCUT2D eigenvalue weighted by molar-refractivity contribution is 6.30. The van der Waals surface area contributed by atoms with Gasteiger partial charge in [-0.25, -0.2) is 0 Å². The molecule has 0 bridgehead atoms. The van der Waals surface area contributed by atoms with Gasteiger partial charge in [-0.1, -0.05) is 54.1 Å². The minimum Gasteiger partial charge on any atom is -0.387 e. The summed E-state index contributed by atoms with van der Waals surface area (Å²) in [6.07, 6.45) is 0.982. The lowest BCUT2D eigenvalue weighted by Gasteiger charge is -2.18. The molecule has 2 aromatic carbocycles. The van der Waals surface area contributed by atoms with Crippen LogP contribution in [-0.4, -0.2) is 17.6 Å². The fourth-order valence-corrected chi connectivity index (χ4v) is 2.82. The van der Waals surface area contributed by atoms with Crippen LogP contribution in [0.5, 0.6) is 0 Å². The lowest BCUT2D eigenvalue weighted by Crippen LogP contribution is -2.37. The molecule has 0 radical (unpaired) electrons. The zero-order chi connectivity index (χ0) is 15.6. The zero-order valence-electron chi connectivity index (χ0n) is 12.1. The van der Waals surface area contributed by atoms with E-state index in [0.717, 1.165) is 24.0 Å². The Balaban J connectivity index is 1.64. The van der Waals surface area contributed by atoms with Crippen molar-refractivity contribution in [1.29, 1.82) is 0 Å². The van der Waals surface area contributed by atoms with Crippen LogP contribution in [0.25, 0.3) is 0 Å². The number of rotatable bonds is 5. The molecule has 3 nitrogen and oxygen atoms in total. The van der Waals surface area contributed by atoms with E-state index in [4.69, 9.17) is 11.6 Å². The summed E-state index contributed by atoms with van der Waals surface area (Å²) in [6, 6.07) is 16.8. The van der Waals surface area contributed by atoms with Crippen molar-refractivity contribution in [2.45, 2.75) is 24.4 Å². The van der Waals surface area contributed by atoms with E-state index >= 15 is 0 Å². The SMILES string of the molecule is O=C(NCC(O)c1ccccc1)C1(c2ccc(Cl)cc2)CC1. The van der Waals surface area contributed by atoms with Crippen molar-refractivity contribution < 1.29 is 9.90 Å². The summed E-state index contributed by atoms with van der Waals surface area (Å²) in [5, 5.41) is 13.7. The quantitative estimate of drug-likeness (QED) is 0.890. The Kier molecular flexibility index (Phi) is 4.19. The molecule has 1 aliphatic carbocycles. The third-order valence-corrected chi connectivity index (χ3v) is 4.47. The van der Waals surface area contributed by atoms with Crippen molar-refractivity contribution in [3.05, 3.63) is 70.7 Å². The van der Waals surface area contributed by atoms with E-state index in [9.17, 15) is 9.90 Å². The molecule has 4 heteroatoms. The fourth-order valence-electron chi connectivity index (χ4n) is 2.69. The van der Waals surface area contributed by atoms with Crippen LogP contribution in [-0.2, 0) is 10.2 Å². The number of hydrogen-bond donors (Lipinski definition) is 2. The molecule has 1 saturated carbocycles. The Hall–Kier alpha value is -1.84. The molecule has 0 aliphatic heterocycles. The number of aliphatic hydroxyl groups excluding tert-OH is 1. The van der Waals surface area contributed by atoms with E-state index in [1.165, 1.54) is 0 Å². The number of carbonyl (C=O) groups excluding carboxylic acids is 1. The number of amides is 1. The number of halogens is 1. The van der Waals surface area contributed by atoms with Gasteiger partial charge in [-0.2, -0.15) is 0 Å². The lowest BCUT2D eigenvalue weighted by atomic mass is 9.95. The van der Waals surface area contributed by atoms with Crippen LogP contribution in [0.3, 0.4) is 0 Å². The maximum Gasteiger partial charge on any atom is 0.230 e. The normalized spacial score (nSPS) is 16.8. The number of benzene rings is 2. The largest absolute Gasteiger partial charge is 0.387 e. The van der Waals surface area contributed by atoms with Gasteiger partial charge in [0, 0.05) is 11.6 Å². The topological polar surface area (TPSA) is 49.3 Å². The second kappa shape index (κ2) is 6.11. The number of hydrogen-bond acceptors (Lipinski definition) is 2. The van der Waals surface area contributed by atoms with Crippen LogP contribution in [0.15, 0.2) is 54.6 Å². The molecule has 0 saturated heterocycles. The molecule has 0 aromatic heterocycles. The van der Waals surface area contributed by atoms with Crippen LogP contribution >= 0.6 is 11.6 Å². The fraction of sp³-hybridized carbons (Fsp3) is 0.278. The molecule has 114 valence electrons. The lowest BCUT2D eigenvalue weighted by molar-refractivity contribution is -0.124. The summed E-state index contributed by atoms with van der Waals surface area (Å²) in [6.45, 7) is 0.220. The highest BCUT2D eigenvalue weighted by Crippen LogP contribution is 2.48. The molecule has 1 atom stereocenters. The average Bonchev–Trinajstić information content (AvgIpc) is 3.35. The van der Waals surface area contributed by atoms with Crippen molar-refractivity contribution >= 4 is 17.5 Å². The summed E-state index contributed by atoms with van der Waals surface area (Å²) in [4.78, 5) is 12.5. The second-order valence-corrected chi connectivity index (χ2v) is 6.16. The number of nitrogens with one attached hydrogen (secondary N) is 1. The Labute approximate surface area is 134 Å². The second-order valence-electron chi connectivity index (χ2n) is 5.73. The van der Waals surface area contributed by atoms with Crippen LogP contribution < -0.4 is 5.32 Å². The van der Waals surface area contributed by atoms with Gasteiger partial charge in [-0.3, -0.25) is 4.79 Å². The smallest absolute Gasteiger partial charge is 0.230 e. The van der Waals surface area contributed by atoms with E-state index in [1.54, 1.807) is 0 Å². The van der Waals surface area contributed by atoms with E-state index < -0.39 is 11.5 Å². The standard InChI is InChI=1S/C18H18ClNO2/c19-15-8-6-14(7-9-15)18(10-11-18)17(22)20-12-16(21)13-4-2-1-3-5-13/h1-9,16,21H,10-12H2,(H,20,22). The van der Waals surface area contributed by atoms with Crippen molar-refractivity contribution in [3.8, 4) is 0 Å². The first-order valence-electron chi connectivity index (χ1n) is 7.39. The summed E-state index contributed by atoms with van der Waals surface area (Å²) >= 11 is 5.90. The van der Waals surface area contributed by atoms with Gasteiger partial charge in [0.05, 0.1) is 11.5 Å². The molecule has 2 N–H and O–H groups in total. The van der Waals surface area contributed by atoms with Gasteiger partial charge < -0.3 is 10.4 Å². The van der Waals surface area contributed by atoms with Gasteiger partial charge in [0.15, 0.2) is 0 Å². The molecule has 0 spiro atoms. The first-order chi connectivity index (χ1) is 10.6. The van der Waals surface area contributed by atoms with E-state index in [0.29, 0.717) is 5.02 Å². The molecule has 3 rings (SSSR count). The van der Waals surface area contributed by atoms with Gasteiger partial charge in [-0.05, 0) is 36.1 Å². The predicted octanol–water partition coefficient (Wildman–Crippen LogP) is 3.22. The minimum atomic E-state index is -0.689.